The summed E-state index contributed by atoms with van der Waals surface area (Å²) in [6.45, 7) is 7.27. The van der Waals surface area contributed by atoms with Gasteiger partial charge < -0.3 is 0 Å². The molecule has 0 radical (unpaired) electrons. The largest absolute Gasteiger partial charge is 0.253 e. The van der Waals surface area contributed by atoms with Crippen LogP contribution < -0.4 is 4.72 Å². The molecule has 0 spiro atoms. The van der Waals surface area contributed by atoms with Crippen LogP contribution in [0.3, 0.4) is 0 Å². The van der Waals surface area contributed by atoms with Gasteiger partial charge in [0.1, 0.15) is 0 Å². The first-order valence-corrected chi connectivity index (χ1v) is 5.91. The number of hydrogen-bond acceptors (Lipinski definition) is 1. The Balaban J connectivity index is 3.61. The van der Waals surface area contributed by atoms with Crippen LogP contribution in [-0.4, -0.2) is 22.9 Å². The molecule has 11 heavy (non-hydrogen) atoms. The molecule has 0 rings (SSSR count). The summed E-state index contributed by atoms with van der Waals surface area (Å²) in [5.74, 6) is 3.51. The van der Waals surface area contributed by atoms with Crippen LogP contribution in [0.25, 0.3) is 0 Å². The van der Waals surface area contributed by atoms with Gasteiger partial charge in [-0.3, -0.25) is 4.21 Å². The van der Waals surface area contributed by atoms with Crippen molar-refractivity contribution < 1.29 is 4.21 Å². The van der Waals surface area contributed by atoms with Crippen molar-refractivity contribution >= 4 is 15.6 Å². The van der Waals surface area contributed by atoms with Crippen molar-refractivity contribution in [3.63, 3.8) is 0 Å². The summed E-state index contributed by atoms with van der Waals surface area (Å²) >= 11 is 0. The molecule has 0 aromatic carbocycles. The van der Waals surface area contributed by atoms with Gasteiger partial charge in [0.25, 0.3) is 0 Å². The Morgan fingerprint density at radius 1 is 1.45 bits per heavy atom. The highest BCUT2D eigenvalue weighted by Crippen LogP contribution is 2.16. The van der Waals surface area contributed by atoms with E-state index < -0.39 is 9.71 Å². The van der Waals surface area contributed by atoms with Crippen LogP contribution in [0.15, 0.2) is 0 Å². The van der Waals surface area contributed by atoms with Gasteiger partial charge in [0.05, 0.1) is 0 Å². The first kappa shape index (κ1) is 11.0. The molecule has 1 unspecified atom stereocenters. The molecule has 0 bridgehead atoms. The van der Waals surface area contributed by atoms with Gasteiger partial charge in [-0.25, -0.2) is 4.72 Å². The zero-order valence-electron chi connectivity index (χ0n) is 7.94. The normalized spacial score (nSPS) is 17.8. The third-order valence-corrected chi connectivity index (χ3v) is 2.10. The highest BCUT2D eigenvalue weighted by Gasteiger charge is 2.09. The van der Waals surface area contributed by atoms with Crippen LogP contribution in [0.5, 0.6) is 0 Å². The maximum absolute atomic E-state index is 11.1. The van der Waals surface area contributed by atoms with Crippen molar-refractivity contribution in [1.29, 1.82) is 0 Å². The zero-order chi connectivity index (χ0) is 9.12. The SMILES string of the molecule is C=S(C)(=O)NCCC(C)(C)C. The Morgan fingerprint density at radius 3 is 2.18 bits per heavy atom. The fourth-order valence-electron chi connectivity index (χ4n) is 0.642. The molecule has 1 atom stereocenters. The average molecular weight is 177 g/mol. The van der Waals surface area contributed by atoms with Crippen LogP contribution in [-0.2, 0) is 9.71 Å². The first-order chi connectivity index (χ1) is 4.71. The van der Waals surface area contributed by atoms with Gasteiger partial charge in [-0.1, -0.05) is 20.8 Å². The molecule has 0 saturated carbocycles. The Labute approximate surface area is 70.5 Å². The molecular weight excluding hydrogens is 158 g/mol. The second-order valence-electron chi connectivity index (χ2n) is 4.21. The van der Waals surface area contributed by atoms with Crippen LogP contribution in [0.2, 0.25) is 0 Å². The lowest BCUT2D eigenvalue weighted by Crippen LogP contribution is -2.25. The Morgan fingerprint density at radius 2 is 1.91 bits per heavy atom. The number of nitrogens with one attached hydrogen (secondary N) is 1. The molecule has 3 heteroatoms. The molecular formula is C8H19NOS. The lowest BCUT2D eigenvalue weighted by Gasteiger charge is -2.18. The van der Waals surface area contributed by atoms with E-state index in [0.717, 1.165) is 13.0 Å². The zero-order valence-corrected chi connectivity index (χ0v) is 8.75. The molecule has 1 N–H and O–H groups in total. The van der Waals surface area contributed by atoms with Gasteiger partial charge in [-0.15, -0.1) is 0 Å². The van der Waals surface area contributed by atoms with E-state index in [2.05, 4.69) is 31.4 Å². The van der Waals surface area contributed by atoms with Gasteiger partial charge in [0.2, 0.25) is 0 Å². The molecule has 68 valence electrons. The third-order valence-electron chi connectivity index (χ3n) is 1.28. The number of rotatable bonds is 3. The predicted octanol–water partition coefficient (Wildman–Crippen LogP) is 1.27. The van der Waals surface area contributed by atoms with E-state index in [4.69, 9.17) is 0 Å². The maximum Gasteiger partial charge on any atom is 0.0219 e. The minimum absolute atomic E-state index is 0.303. The molecule has 0 saturated heterocycles. The van der Waals surface area contributed by atoms with Gasteiger partial charge in [0, 0.05) is 22.5 Å². The summed E-state index contributed by atoms with van der Waals surface area (Å²) in [6.07, 6.45) is 2.64. The standard InChI is InChI=1S/C8H19NOS/c1-8(2,3)6-7-9-11(4,5)10/h4,6-7H2,1-3,5H3,(H,9,10). The third kappa shape index (κ3) is 9.98. The van der Waals surface area contributed by atoms with Gasteiger partial charge in [-0.05, 0) is 17.7 Å². The van der Waals surface area contributed by atoms with Crippen LogP contribution in [0, 0.1) is 5.41 Å². The van der Waals surface area contributed by atoms with E-state index >= 15 is 0 Å². The molecule has 0 aliphatic carbocycles. The van der Waals surface area contributed by atoms with Crippen molar-refractivity contribution in [2.45, 2.75) is 27.2 Å². The highest BCUT2D eigenvalue weighted by atomic mass is 32.2. The fourth-order valence-corrected chi connectivity index (χ4v) is 1.18. The molecule has 0 amide bonds. The maximum atomic E-state index is 11.1. The molecule has 0 aliphatic rings. The van der Waals surface area contributed by atoms with Crippen molar-refractivity contribution in [2.75, 3.05) is 12.8 Å². The summed E-state index contributed by atoms with van der Waals surface area (Å²) in [7, 11) is -2.00. The van der Waals surface area contributed by atoms with Crippen LogP contribution in [0.4, 0.5) is 0 Å². The molecule has 0 aromatic rings. The van der Waals surface area contributed by atoms with Crippen LogP contribution >= 0.6 is 0 Å². The second-order valence-corrected chi connectivity index (χ2v) is 6.51. The monoisotopic (exact) mass is 177 g/mol. The van der Waals surface area contributed by atoms with Crippen molar-refractivity contribution in [3.05, 3.63) is 0 Å². The van der Waals surface area contributed by atoms with Crippen molar-refractivity contribution in [2.24, 2.45) is 5.41 Å². The first-order valence-electron chi connectivity index (χ1n) is 3.77. The Kier molecular flexibility index (Phi) is 3.58. The highest BCUT2D eigenvalue weighted by molar-refractivity contribution is 7.97. The second kappa shape index (κ2) is 3.59. The van der Waals surface area contributed by atoms with E-state index in [-0.39, 0.29) is 0 Å². The van der Waals surface area contributed by atoms with E-state index in [1.807, 2.05) is 0 Å². The molecule has 0 aliphatic heterocycles. The smallest absolute Gasteiger partial charge is 0.0219 e. The summed E-state index contributed by atoms with van der Waals surface area (Å²) in [4.78, 5) is 0. The topological polar surface area (TPSA) is 29.1 Å². The minimum atomic E-state index is -2.00. The van der Waals surface area contributed by atoms with Gasteiger partial charge >= 0.3 is 0 Å². The van der Waals surface area contributed by atoms with Gasteiger partial charge in [-0.2, -0.15) is 0 Å². The quantitative estimate of drug-likeness (QED) is 0.646. The summed E-state index contributed by atoms with van der Waals surface area (Å²) in [5.41, 5.74) is 0.303. The minimum Gasteiger partial charge on any atom is -0.253 e. The molecule has 2 nitrogen and oxygen atoms in total. The summed E-state index contributed by atoms with van der Waals surface area (Å²) < 4.78 is 13.9. The van der Waals surface area contributed by atoms with Crippen LogP contribution in [0.1, 0.15) is 27.2 Å². The molecule has 0 heterocycles. The van der Waals surface area contributed by atoms with E-state index in [9.17, 15) is 4.21 Å². The lowest BCUT2D eigenvalue weighted by atomic mass is 9.93. The van der Waals surface area contributed by atoms with E-state index in [1.165, 1.54) is 0 Å². The predicted molar refractivity (Wildman–Crippen MR) is 53.3 cm³/mol. The van der Waals surface area contributed by atoms with Crippen molar-refractivity contribution in [1.82, 2.24) is 4.72 Å². The Hall–Kier alpha value is -0.0200. The molecule has 0 fully saturated rings. The lowest BCUT2D eigenvalue weighted by molar-refractivity contribution is 0.379. The summed E-state index contributed by atoms with van der Waals surface area (Å²) in [6, 6.07) is 0. The van der Waals surface area contributed by atoms with E-state index in [0.29, 0.717) is 5.41 Å². The molecule has 0 aromatic heterocycles. The number of hydrogen-bond donors (Lipinski definition) is 1. The van der Waals surface area contributed by atoms with E-state index in [1.54, 1.807) is 6.26 Å². The fraction of sp³-hybridized carbons (Fsp3) is 0.875. The average Bonchev–Trinajstić information content (AvgIpc) is 1.55. The summed E-state index contributed by atoms with van der Waals surface area (Å²) in [5, 5.41) is 0. The van der Waals surface area contributed by atoms with Gasteiger partial charge in [0.15, 0.2) is 0 Å². The van der Waals surface area contributed by atoms with Crippen molar-refractivity contribution in [3.8, 4) is 0 Å². The Bertz CT molecular complexity index is 199.